The molecule has 3 rings (SSSR count). The van der Waals surface area contributed by atoms with Gasteiger partial charge in [-0.05, 0) is 24.7 Å². The molecule has 2 aliphatic rings. The van der Waals surface area contributed by atoms with Gasteiger partial charge in [0.15, 0.2) is 11.0 Å². The molecule has 1 aliphatic heterocycles. The molecule has 0 amide bonds. The molecule has 2 atom stereocenters. The first kappa shape index (κ1) is 8.92. The molecule has 0 radical (unpaired) electrons. The highest BCUT2D eigenvalue weighted by molar-refractivity contribution is 6.99. The van der Waals surface area contributed by atoms with E-state index in [1.54, 1.807) is 0 Å². The first-order chi connectivity index (χ1) is 6.84. The molecule has 2 fully saturated rings. The number of nitrogens with zero attached hydrogens (tertiary/aromatic N) is 3. The summed E-state index contributed by atoms with van der Waals surface area (Å²) in [4.78, 5) is 2.31. The van der Waals surface area contributed by atoms with Gasteiger partial charge in [-0.1, -0.05) is 18.0 Å². The summed E-state index contributed by atoms with van der Waals surface area (Å²) in [5.41, 5.74) is 0. The van der Waals surface area contributed by atoms with Crippen LogP contribution in [0.15, 0.2) is 0 Å². The van der Waals surface area contributed by atoms with Gasteiger partial charge in [0.05, 0.1) is 11.7 Å². The molecule has 3 nitrogen and oxygen atoms in total. The van der Waals surface area contributed by atoms with Crippen LogP contribution in [0.1, 0.15) is 19.3 Å². The van der Waals surface area contributed by atoms with E-state index in [1.807, 2.05) is 0 Å². The summed E-state index contributed by atoms with van der Waals surface area (Å²) >= 11 is 7.18. The molecule has 0 aromatic carbocycles. The predicted molar refractivity (Wildman–Crippen MR) is 58.0 cm³/mol. The predicted octanol–water partition coefficient (Wildman–Crippen LogP) is 2.43. The van der Waals surface area contributed by atoms with Crippen LogP contribution in [0, 0.1) is 11.8 Å². The van der Waals surface area contributed by atoms with Crippen molar-refractivity contribution in [2.45, 2.75) is 19.3 Å². The summed E-state index contributed by atoms with van der Waals surface area (Å²) in [5.74, 6) is 2.67. The van der Waals surface area contributed by atoms with Crippen molar-refractivity contribution in [1.29, 1.82) is 0 Å². The zero-order valence-corrected chi connectivity index (χ0v) is 9.39. The maximum atomic E-state index is 5.97. The van der Waals surface area contributed by atoms with Gasteiger partial charge in [0.2, 0.25) is 0 Å². The SMILES string of the molecule is Clc1nsnc1N1CC2CCCC2C1. The third-order valence-electron chi connectivity index (χ3n) is 3.46. The van der Waals surface area contributed by atoms with Crippen molar-refractivity contribution in [2.24, 2.45) is 11.8 Å². The fourth-order valence-corrected chi connectivity index (χ4v) is 3.55. The minimum atomic E-state index is 0.579. The van der Waals surface area contributed by atoms with Crippen molar-refractivity contribution in [2.75, 3.05) is 18.0 Å². The second-order valence-electron chi connectivity index (χ2n) is 4.23. The molecule has 1 saturated heterocycles. The van der Waals surface area contributed by atoms with E-state index in [1.165, 1.54) is 31.0 Å². The van der Waals surface area contributed by atoms with Crippen LogP contribution in [0.4, 0.5) is 5.82 Å². The molecule has 1 aliphatic carbocycles. The van der Waals surface area contributed by atoms with Crippen molar-refractivity contribution in [3.8, 4) is 0 Å². The van der Waals surface area contributed by atoms with Crippen LogP contribution in [-0.2, 0) is 0 Å². The van der Waals surface area contributed by atoms with E-state index in [0.717, 1.165) is 30.7 Å². The zero-order valence-electron chi connectivity index (χ0n) is 7.82. The Hall–Kier alpha value is -0.350. The van der Waals surface area contributed by atoms with Crippen LogP contribution in [0.2, 0.25) is 5.15 Å². The minimum Gasteiger partial charge on any atom is -0.353 e. The molecule has 5 heteroatoms. The van der Waals surface area contributed by atoms with E-state index in [9.17, 15) is 0 Å². The van der Waals surface area contributed by atoms with Crippen LogP contribution in [-0.4, -0.2) is 21.8 Å². The van der Waals surface area contributed by atoms with Gasteiger partial charge >= 0.3 is 0 Å². The lowest BCUT2D eigenvalue weighted by molar-refractivity contribution is 0.494. The summed E-state index contributed by atoms with van der Waals surface area (Å²) in [5, 5.41) is 0.579. The average Bonchev–Trinajstić information content (AvgIpc) is 2.75. The van der Waals surface area contributed by atoms with Crippen molar-refractivity contribution in [1.82, 2.24) is 8.75 Å². The average molecular weight is 230 g/mol. The van der Waals surface area contributed by atoms with Gasteiger partial charge < -0.3 is 4.90 Å². The second kappa shape index (κ2) is 3.35. The third-order valence-corrected chi connectivity index (χ3v) is 4.33. The van der Waals surface area contributed by atoms with E-state index in [4.69, 9.17) is 11.6 Å². The van der Waals surface area contributed by atoms with Crippen LogP contribution in [0.3, 0.4) is 0 Å². The number of anilines is 1. The number of hydrogen-bond donors (Lipinski definition) is 0. The van der Waals surface area contributed by atoms with Crippen molar-refractivity contribution in [3.63, 3.8) is 0 Å². The Morgan fingerprint density at radius 2 is 1.93 bits per heavy atom. The molecular formula is C9H12ClN3S. The highest BCUT2D eigenvalue weighted by Gasteiger charge is 2.37. The maximum absolute atomic E-state index is 5.97. The van der Waals surface area contributed by atoms with E-state index < -0.39 is 0 Å². The van der Waals surface area contributed by atoms with Crippen LogP contribution >= 0.6 is 23.3 Å². The molecule has 76 valence electrons. The summed E-state index contributed by atoms with van der Waals surface area (Å²) in [6.45, 7) is 2.27. The topological polar surface area (TPSA) is 29.0 Å². The van der Waals surface area contributed by atoms with Crippen molar-refractivity contribution < 1.29 is 0 Å². The van der Waals surface area contributed by atoms with E-state index in [2.05, 4.69) is 13.6 Å². The van der Waals surface area contributed by atoms with Crippen LogP contribution < -0.4 is 4.90 Å². The molecular weight excluding hydrogens is 218 g/mol. The van der Waals surface area contributed by atoms with Crippen molar-refractivity contribution in [3.05, 3.63) is 5.15 Å². The molecule has 2 unspecified atom stereocenters. The fraction of sp³-hybridized carbons (Fsp3) is 0.778. The molecule has 0 spiro atoms. The Kier molecular flexibility index (Phi) is 2.13. The van der Waals surface area contributed by atoms with Gasteiger partial charge in [-0.15, -0.1) is 0 Å². The smallest absolute Gasteiger partial charge is 0.187 e. The molecule has 2 heterocycles. The maximum Gasteiger partial charge on any atom is 0.187 e. The molecule has 14 heavy (non-hydrogen) atoms. The summed E-state index contributed by atoms with van der Waals surface area (Å²) in [6, 6.07) is 0. The Labute approximate surface area is 92.4 Å². The number of halogens is 1. The van der Waals surface area contributed by atoms with Gasteiger partial charge in [-0.25, -0.2) is 0 Å². The number of hydrogen-bond acceptors (Lipinski definition) is 4. The van der Waals surface area contributed by atoms with E-state index in [-0.39, 0.29) is 0 Å². The quantitative estimate of drug-likeness (QED) is 0.741. The van der Waals surface area contributed by atoms with E-state index in [0.29, 0.717) is 5.15 Å². The highest BCUT2D eigenvalue weighted by Crippen LogP contribution is 2.40. The Morgan fingerprint density at radius 1 is 1.21 bits per heavy atom. The standard InChI is InChI=1S/C9H12ClN3S/c10-8-9(12-14-11-8)13-4-6-2-1-3-7(6)5-13/h6-7H,1-5H2. The van der Waals surface area contributed by atoms with Crippen LogP contribution in [0.5, 0.6) is 0 Å². The van der Waals surface area contributed by atoms with Gasteiger partial charge in [-0.2, -0.15) is 8.75 Å². The normalized spacial score (nSPS) is 31.1. The first-order valence-corrected chi connectivity index (χ1v) is 6.18. The molecule has 1 saturated carbocycles. The number of fused-ring (bicyclic) bond motifs is 1. The second-order valence-corrected chi connectivity index (χ2v) is 5.12. The van der Waals surface area contributed by atoms with Gasteiger partial charge in [-0.3, -0.25) is 0 Å². The lowest BCUT2D eigenvalue weighted by Gasteiger charge is -2.15. The fourth-order valence-electron chi connectivity index (χ4n) is 2.77. The Balaban J connectivity index is 1.80. The summed E-state index contributed by atoms with van der Waals surface area (Å²) in [6.07, 6.45) is 4.18. The summed E-state index contributed by atoms with van der Waals surface area (Å²) in [7, 11) is 0. The number of rotatable bonds is 1. The van der Waals surface area contributed by atoms with Gasteiger partial charge in [0.25, 0.3) is 0 Å². The zero-order chi connectivity index (χ0) is 9.54. The monoisotopic (exact) mass is 229 g/mol. The highest BCUT2D eigenvalue weighted by atomic mass is 35.5. The van der Waals surface area contributed by atoms with Gasteiger partial charge in [0, 0.05) is 13.1 Å². The lowest BCUT2D eigenvalue weighted by Crippen LogP contribution is -2.21. The van der Waals surface area contributed by atoms with Crippen LogP contribution in [0.25, 0.3) is 0 Å². The largest absolute Gasteiger partial charge is 0.353 e. The summed E-state index contributed by atoms with van der Waals surface area (Å²) < 4.78 is 8.26. The third kappa shape index (κ3) is 1.32. The molecule has 0 N–H and O–H groups in total. The van der Waals surface area contributed by atoms with E-state index >= 15 is 0 Å². The first-order valence-electron chi connectivity index (χ1n) is 5.07. The number of aromatic nitrogens is 2. The minimum absolute atomic E-state index is 0.579. The molecule has 1 aromatic rings. The molecule has 0 bridgehead atoms. The lowest BCUT2D eigenvalue weighted by atomic mass is 10.0. The van der Waals surface area contributed by atoms with Gasteiger partial charge in [0.1, 0.15) is 0 Å². The Bertz CT molecular complexity index is 329. The molecule has 1 aromatic heterocycles. The van der Waals surface area contributed by atoms with Crippen molar-refractivity contribution >= 4 is 29.1 Å². The Morgan fingerprint density at radius 3 is 2.50 bits per heavy atom.